The quantitative estimate of drug-likeness (QED) is 0.122. The molecule has 4 rings (SSSR count). The molecule has 0 saturated carbocycles. The van der Waals surface area contributed by atoms with Crippen LogP contribution >= 0.6 is 7.75 Å². The van der Waals surface area contributed by atoms with E-state index in [9.17, 15) is 28.0 Å². The topological polar surface area (TPSA) is 217 Å². The lowest BCUT2D eigenvalue weighted by molar-refractivity contribution is -0.149. The van der Waals surface area contributed by atoms with Gasteiger partial charge < -0.3 is 24.2 Å². The number of nitrogens with one attached hydrogen (secondary N) is 2. The molecule has 3 heterocycles. The Balaban J connectivity index is 1.64. The standard InChI is InChI=1S/C24H34N7O10PS/c1-14(2)38-21(33)15(3)28-42(35,40-16-10-8-7-9-11-16)41-22-18(32)24(4,34)23(39-22)31-13-27-17-19(25-12-26-20(17)31)30(5)29-43(6,36)37/h7-15,18,22-23,29,32,34H,1-6H3,(H,28,35)/t15-,18?,22?,23+,24+,42?/m0/s1. The minimum Gasteiger partial charge on any atom is -0.462 e. The van der Waals surface area contributed by atoms with Crippen LogP contribution in [0.15, 0.2) is 43.0 Å². The van der Waals surface area contributed by atoms with Crippen LogP contribution in [-0.4, -0.2) is 87.6 Å². The minimum atomic E-state index is -4.50. The fourth-order valence-corrected chi connectivity index (χ4v) is 6.36. The number of aliphatic hydroxyl groups is 2. The van der Waals surface area contributed by atoms with Crippen LogP contribution in [0, 0.1) is 0 Å². The lowest BCUT2D eigenvalue weighted by Gasteiger charge is -2.28. The molecule has 0 bridgehead atoms. The van der Waals surface area contributed by atoms with Crippen LogP contribution in [0.5, 0.6) is 5.75 Å². The maximum absolute atomic E-state index is 14.0. The van der Waals surface area contributed by atoms with Crippen LogP contribution < -0.4 is 19.5 Å². The smallest absolute Gasteiger partial charge is 0.461 e. The van der Waals surface area contributed by atoms with Gasteiger partial charge in [-0.05, 0) is 39.8 Å². The third-order valence-electron chi connectivity index (χ3n) is 6.10. The zero-order valence-electron chi connectivity index (χ0n) is 24.2. The predicted molar refractivity (Wildman–Crippen MR) is 152 cm³/mol. The number of aliphatic hydroxyl groups excluding tert-OH is 1. The van der Waals surface area contributed by atoms with Gasteiger partial charge in [-0.25, -0.2) is 27.9 Å². The second kappa shape index (κ2) is 12.4. The van der Waals surface area contributed by atoms with Gasteiger partial charge in [-0.1, -0.05) is 18.2 Å². The van der Waals surface area contributed by atoms with Crippen molar-refractivity contribution in [3.05, 3.63) is 43.0 Å². The van der Waals surface area contributed by atoms with Crippen molar-refractivity contribution in [1.29, 1.82) is 0 Å². The summed E-state index contributed by atoms with van der Waals surface area (Å²) >= 11 is 0. The number of carbonyl (C=O) groups is 1. The third kappa shape index (κ3) is 7.47. The van der Waals surface area contributed by atoms with E-state index in [1.54, 1.807) is 32.0 Å². The van der Waals surface area contributed by atoms with Crippen molar-refractivity contribution < 1.29 is 46.5 Å². The van der Waals surface area contributed by atoms with E-state index in [0.29, 0.717) is 0 Å². The molecule has 0 radical (unpaired) electrons. The number of carbonyl (C=O) groups excluding carboxylic acids is 1. The molecular weight excluding hydrogens is 609 g/mol. The SMILES string of the molecule is CC(C)OC(=O)[C@H](C)NP(=O)(Oc1ccccc1)OC1O[C@@H](n2cnc3c(N(C)NS(C)(=O)=O)ncnc32)[C@](C)(O)C1O. The Morgan fingerprint density at radius 1 is 1.21 bits per heavy atom. The number of esters is 1. The van der Waals surface area contributed by atoms with E-state index in [1.807, 2.05) is 0 Å². The van der Waals surface area contributed by atoms with Gasteiger partial charge in [-0.15, -0.1) is 4.83 Å². The van der Waals surface area contributed by atoms with Crippen molar-refractivity contribution in [2.24, 2.45) is 0 Å². The van der Waals surface area contributed by atoms with E-state index in [0.717, 1.165) is 17.6 Å². The van der Waals surface area contributed by atoms with Gasteiger partial charge in [0.25, 0.3) is 0 Å². The summed E-state index contributed by atoms with van der Waals surface area (Å²) in [5.74, 6) is -0.522. The van der Waals surface area contributed by atoms with Gasteiger partial charge in [0.1, 0.15) is 29.8 Å². The molecule has 17 nitrogen and oxygen atoms in total. The first-order valence-electron chi connectivity index (χ1n) is 13.0. The van der Waals surface area contributed by atoms with E-state index in [-0.39, 0.29) is 22.7 Å². The van der Waals surface area contributed by atoms with Crippen LogP contribution in [0.3, 0.4) is 0 Å². The highest BCUT2D eigenvalue weighted by Gasteiger charge is 2.56. The van der Waals surface area contributed by atoms with E-state index in [1.165, 1.54) is 43.9 Å². The van der Waals surface area contributed by atoms with Crippen molar-refractivity contribution in [2.45, 2.75) is 64.1 Å². The summed E-state index contributed by atoms with van der Waals surface area (Å²) < 4.78 is 61.1. The molecule has 2 aromatic heterocycles. The van der Waals surface area contributed by atoms with E-state index in [2.05, 4.69) is 24.9 Å². The Bertz CT molecular complexity index is 1600. The van der Waals surface area contributed by atoms with Crippen molar-refractivity contribution in [3.63, 3.8) is 0 Å². The van der Waals surface area contributed by atoms with Crippen LogP contribution in [0.2, 0.25) is 0 Å². The molecule has 3 unspecified atom stereocenters. The summed E-state index contributed by atoms with van der Waals surface area (Å²) in [5.41, 5.74) is -1.83. The number of aromatic nitrogens is 4. The largest absolute Gasteiger partial charge is 0.462 e. The monoisotopic (exact) mass is 643 g/mol. The van der Waals surface area contributed by atoms with Gasteiger partial charge in [-0.2, -0.15) is 5.09 Å². The molecular formula is C24H34N7O10PS. The molecule has 43 heavy (non-hydrogen) atoms. The second-order valence-corrected chi connectivity index (χ2v) is 13.7. The van der Waals surface area contributed by atoms with Gasteiger partial charge in [0, 0.05) is 7.05 Å². The van der Waals surface area contributed by atoms with E-state index in [4.69, 9.17) is 18.5 Å². The summed E-state index contributed by atoms with van der Waals surface area (Å²) in [6.07, 6.45) is -2.03. The average molecular weight is 644 g/mol. The van der Waals surface area contributed by atoms with Gasteiger partial charge in [0.15, 0.2) is 23.2 Å². The molecule has 0 aliphatic carbocycles. The number of ether oxygens (including phenoxy) is 2. The molecule has 1 fully saturated rings. The Labute approximate surface area is 247 Å². The van der Waals surface area contributed by atoms with Crippen LogP contribution in [0.25, 0.3) is 11.2 Å². The Hall–Kier alpha value is -3.22. The number of anilines is 1. The molecule has 236 valence electrons. The summed E-state index contributed by atoms with van der Waals surface area (Å²) in [5, 5.41) is 26.0. The zero-order valence-corrected chi connectivity index (χ0v) is 25.9. The fourth-order valence-electron chi connectivity index (χ4n) is 4.20. The van der Waals surface area contributed by atoms with Crippen LogP contribution in [0.4, 0.5) is 5.82 Å². The molecule has 0 spiro atoms. The first-order chi connectivity index (χ1) is 20.0. The molecule has 1 aliphatic rings. The van der Waals surface area contributed by atoms with Gasteiger partial charge in [0.05, 0.1) is 18.7 Å². The maximum atomic E-state index is 14.0. The second-order valence-electron chi connectivity index (χ2n) is 10.3. The Morgan fingerprint density at radius 3 is 2.51 bits per heavy atom. The third-order valence-corrected chi connectivity index (χ3v) is 8.35. The minimum absolute atomic E-state index is 0.0902. The van der Waals surface area contributed by atoms with Crippen LogP contribution in [-0.2, 0) is 33.4 Å². The lowest BCUT2D eigenvalue weighted by Crippen LogP contribution is -2.44. The summed E-state index contributed by atoms with van der Waals surface area (Å²) in [6.45, 7) is 5.96. The number of hydrogen-bond donors (Lipinski definition) is 4. The fraction of sp³-hybridized carbons (Fsp3) is 0.500. The van der Waals surface area contributed by atoms with Gasteiger partial charge in [-0.3, -0.25) is 18.9 Å². The molecule has 19 heteroatoms. The molecule has 6 atom stereocenters. The Kier molecular flexibility index (Phi) is 9.44. The van der Waals surface area contributed by atoms with Crippen molar-refractivity contribution >= 4 is 40.7 Å². The van der Waals surface area contributed by atoms with Gasteiger partial charge in [0.2, 0.25) is 16.3 Å². The average Bonchev–Trinajstić information content (AvgIpc) is 3.41. The summed E-state index contributed by atoms with van der Waals surface area (Å²) in [4.78, 5) is 27.2. The highest BCUT2D eigenvalue weighted by atomic mass is 32.2. The number of hydrogen-bond acceptors (Lipinski definition) is 14. The van der Waals surface area contributed by atoms with Crippen molar-refractivity contribution in [2.75, 3.05) is 18.3 Å². The molecule has 1 saturated heterocycles. The molecule has 1 aromatic carbocycles. The number of para-hydroxylation sites is 1. The first-order valence-corrected chi connectivity index (χ1v) is 16.4. The lowest BCUT2D eigenvalue weighted by atomic mass is 9.99. The number of sulfonamides is 1. The Morgan fingerprint density at radius 2 is 1.88 bits per heavy atom. The van der Waals surface area contributed by atoms with Crippen molar-refractivity contribution in [3.8, 4) is 5.75 Å². The van der Waals surface area contributed by atoms with Crippen LogP contribution in [0.1, 0.15) is 33.9 Å². The first kappa shape index (κ1) is 32.7. The van der Waals surface area contributed by atoms with Crippen molar-refractivity contribution in [1.82, 2.24) is 29.4 Å². The summed E-state index contributed by atoms with van der Waals surface area (Å²) in [6, 6.07) is 6.80. The number of rotatable bonds is 12. The number of imidazole rings is 1. The molecule has 3 aromatic rings. The highest BCUT2D eigenvalue weighted by Crippen LogP contribution is 2.51. The molecule has 1 aliphatic heterocycles. The van der Waals surface area contributed by atoms with E-state index < -0.39 is 60.1 Å². The number of nitrogens with zero attached hydrogens (tertiary/aromatic N) is 5. The number of fused-ring (bicyclic) bond motifs is 1. The number of hydrazine groups is 1. The predicted octanol–water partition coefficient (Wildman–Crippen LogP) is 0.827. The molecule has 0 amide bonds. The van der Waals surface area contributed by atoms with E-state index >= 15 is 0 Å². The molecule has 4 N–H and O–H groups in total. The van der Waals surface area contributed by atoms with Gasteiger partial charge >= 0.3 is 13.7 Å². The zero-order chi connectivity index (χ0) is 31.7. The maximum Gasteiger partial charge on any atom is 0.461 e. The normalized spacial score (nSPS) is 24.5. The highest BCUT2D eigenvalue weighted by molar-refractivity contribution is 7.88. The summed E-state index contributed by atoms with van der Waals surface area (Å²) in [7, 11) is -6.74. The number of benzene rings is 1.